The number of carbonyl (C=O) groups excluding carboxylic acids is 1. The van der Waals surface area contributed by atoms with E-state index < -0.39 is 0 Å². The zero-order valence-corrected chi connectivity index (χ0v) is 15.9. The van der Waals surface area contributed by atoms with Crippen molar-refractivity contribution in [1.82, 2.24) is 0 Å². The fourth-order valence-corrected chi connectivity index (χ4v) is 2.97. The van der Waals surface area contributed by atoms with E-state index in [1.54, 1.807) is 30.2 Å². The molecule has 0 aliphatic heterocycles. The maximum Gasteiger partial charge on any atom is 0.258 e. The number of benzene rings is 3. The van der Waals surface area contributed by atoms with Gasteiger partial charge in [0.1, 0.15) is 11.6 Å². The van der Waals surface area contributed by atoms with E-state index in [1.807, 2.05) is 61.5 Å². The van der Waals surface area contributed by atoms with Gasteiger partial charge < -0.3 is 9.64 Å². The van der Waals surface area contributed by atoms with Crippen molar-refractivity contribution in [3.05, 3.63) is 101 Å². The Labute approximate surface area is 164 Å². The Morgan fingerprint density at radius 3 is 2.39 bits per heavy atom. The maximum atomic E-state index is 13.4. The highest BCUT2D eigenvalue weighted by Crippen LogP contribution is 2.22. The molecule has 0 spiro atoms. The zero-order chi connectivity index (χ0) is 19.9. The number of para-hydroxylation sites is 1. The van der Waals surface area contributed by atoms with Crippen LogP contribution in [0.2, 0.25) is 0 Å². The van der Waals surface area contributed by atoms with Crippen molar-refractivity contribution < 1.29 is 13.9 Å². The third-order valence-corrected chi connectivity index (χ3v) is 4.48. The fourth-order valence-electron chi connectivity index (χ4n) is 2.97. The Kier molecular flexibility index (Phi) is 6.22. The molecule has 3 aromatic rings. The van der Waals surface area contributed by atoms with E-state index in [-0.39, 0.29) is 11.7 Å². The number of aryl methyl sites for hydroxylation is 1. The minimum absolute atomic E-state index is 0.130. The average molecular weight is 375 g/mol. The van der Waals surface area contributed by atoms with Crippen LogP contribution >= 0.6 is 0 Å². The number of nitrogens with zero attached hydrogens (tertiary/aromatic N) is 1. The Morgan fingerprint density at radius 1 is 1.00 bits per heavy atom. The summed E-state index contributed by atoms with van der Waals surface area (Å²) in [6.07, 6.45) is 3.82. The van der Waals surface area contributed by atoms with Crippen LogP contribution < -0.4 is 9.64 Å². The monoisotopic (exact) mass is 375 g/mol. The highest BCUT2D eigenvalue weighted by atomic mass is 19.1. The van der Waals surface area contributed by atoms with Gasteiger partial charge in [-0.25, -0.2) is 4.39 Å². The number of rotatable bonds is 6. The standard InChI is InChI=1S/C24H22FNO2/c1-18-8-3-5-11-22(18)24(27)26(21-15-13-20(25)14-16-21)17-7-10-19-9-4-6-12-23(19)28-2/h3-16H,17H2,1-2H3/b10-7+. The zero-order valence-electron chi connectivity index (χ0n) is 15.9. The molecule has 0 aliphatic carbocycles. The van der Waals surface area contributed by atoms with Crippen molar-refractivity contribution in [2.45, 2.75) is 6.92 Å². The summed E-state index contributed by atoms with van der Waals surface area (Å²) in [5.41, 5.74) is 3.08. The molecule has 0 atom stereocenters. The predicted octanol–water partition coefficient (Wildman–Crippen LogP) is 5.50. The molecule has 0 aliphatic rings. The number of halogens is 1. The molecule has 0 saturated carbocycles. The summed E-state index contributed by atoms with van der Waals surface area (Å²) >= 11 is 0. The summed E-state index contributed by atoms with van der Waals surface area (Å²) in [4.78, 5) is 14.8. The highest BCUT2D eigenvalue weighted by Gasteiger charge is 2.18. The number of amides is 1. The van der Waals surface area contributed by atoms with Gasteiger partial charge in [-0.3, -0.25) is 4.79 Å². The predicted molar refractivity (Wildman–Crippen MR) is 111 cm³/mol. The van der Waals surface area contributed by atoms with E-state index in [0.717, 1.165) is 16.9 Å². The molecular formula is C24H22FNO2. The van der Waals surface area contributed by atoms with Gasteiger partial charge >= 0.3 is 0 Å². The van der Waals surface area contributed by atoms with Gasteiger partial charge in [0.25, 0.3) is 5.91 Å². The van der Waals surface area contributed by atoms with Crippen molar-refractivity contribution in [2.75, 3.05) is 18.6 Å². The van der Waals surface area contributed by atoms with Gasteiger partial charge in [-0.1, -0.05) is 48.6 Å². The number of methoxy groups -OCH3 is 1. The number of ether oxygens (including phenoxy) is 1. The second-order valence-corrected chi connectivity index (χ2v) is 6.35. The van der Waals surface area contributed by atoms with E-state index in [2.05, 4.69) is 0 Å². The number of carbonyl (C=O) groups is 1. The number of anilines is 1. The molecule has 0 N–H and O–H groups in total. The molecule has 0 unspecified atom stereocenters. The molecule has 0 heterocycles. The van der Waals surface area contributed by atoms with Gasteiger partial charge in [0, 0.05) is 23.4 Å². The maximum absolute atomic E-state index is 13.4. The quantitative estimate of drug-likeness (QED) is 0.569. The summed E-state index contributed by atoms with van der Waals surface area (Å²) < 4.78 is 18.7. The number of hydrogen-bond acceptors (Lipinski definition) is 2. The molecule has 3 rings (SSSR count). The van der Waals surface area contributed by atoms with Crippen molar-refractivity contribution in [2.24, 2.45) is 0 Å². The molecule has 3 nitrogen and oxygen atoms in total. The Morgan fingerprint density at radius 2 is 1.68 bits per heavy atom. The molecule has 0 fully saturated rings. The van der Waals surface area contributed by atoms with Crippen molar-refractivity contribution >= 4 is 17.7 Å². The summed E-state index contributed by atoms with van der Waals surface area (Å²) in [7, 11) is 1.62. The van der Waals surface area contributed by atoms with Gasteiger partial charge in [-0.2, -0.15) is 0 Å². The van der Waals surface area contributed by atoms with Gasteiger partial charge in [-0.05, 0) is 48.9 Å². The molecule has 0 bridgehead atoms. The topological polar surface area (TPSA) is 29.5 Å². The van der Waals surface area contributed by atoms with Crippen LogP contribution in [0.5, 0.6) is 5.75 Å². The second-order valence-electron chi connectivity index (χ2n) is 6.35. The summed E-state index contributed by atoms with van der Waals surface area (Å²) in [6.45, 7) is 2.25. The van der Waals surface area contributed by atoms with Gasteiger partial charge in [0.15, 0.2) is 0 Å². The first-order valence-electron chi connectivity index (χ1n) is 9.03. The minimum atomic E-state index is -0.336. The molecule has 4 heteroatoms. The van der Waals surface area contributed by atoms with Gasteiger partial charge in [-0.15, -0.1) is 0 Å². The normalized spacial score (nSPS) is 10.8. The summed E-state index contributed by atoms with van der Waals surface area (Å²) in [6, 6.07) is 21.1. The first-order chi connectivity index (χ1) is 13.6. The van der Waals surface area contributed by atoms with Crippen LogP contribution in [0.25, 0.3) is 6.08 Å². The van der Waals surface area contributed by atoms with Crippen LogP contribution in [-0.2, 0) is 0 Å². The average Bonchev–Trinajstić information content (AvgIpc) is 2.72. The Hall–Kier alpha value is -3.40. The van der Waals surface area contributed by atoms with Crippen LogP contribution in [0.3, 0.4) is 0 Å². The Bertz CT molecular complexity index is 980. The second kappa shape index (κ2) is 9.00. The van der Waals surface area contributed by atoms with Crippen LogP contribution in [0.4, 0.5) is 10.1 Å². The first-order valence-corrected chi connectivity index (χ1v) is 9.03. The molecular weight excluding hydrogens is 353 g/mol. The lowest BCUT2D eigenvalue weighted by atomic mass is 10.1. The molecule has 28 heavy (non-hydrogen) atoms. The van der Waals surface area contributed by atoms with Crippen LogP contribution in [-0.4, -0.2) is 19.6 Å². The molecule has 142 valence electrons. The SMILES string of the molecule is COc1ccccc1/C=C/CN(C(=O)c1ccccc1C)c1ccc(F)cc1. The summed E-state index contributed by atoms with van der Waals surface area (Å²) in [5, 5.41) is 0. The summed E-state index contributed by atoms with van der Waals surface area (Å²) in [5.74, 6) is 0.295. The largest absolute Gasteiger partial charge is 0.496 e. The van der Waals surface area contributed by atoms with E-state index in [9.17, 15) is 9.18 Å². The molecule has 1 amide bonds. The van der Waals surface area contributed by atoms with Gasteiger partial charge in [0.05, 0.1) is 7.11 Å². The third-order valence-electron chi connectivity index (χ3n) is 4.48. The third kappa shape index (κ3) is 4.46. The van der Waals surface area contributed by atoms with E-state index in [4.69, 9.17) is 4.74 Å². The lowest BCUT2D eigenvalue weighted by Crippen LogP contribution is -2.31. The van der Waals surface area contributed by atoms with E-state index in [1.165, 1.54) is 12.1 Å². The lowest BCUT2D eigenvalue weighted by Gasteiger charge is -2.22. The molecule has 0 radical (unpaired) electrons. The molecule has 3 aromatic carbocycles. The van der Waals surface area contributed by atoms with Gasteiger partial charge in [0.2, 0.25) is 0 Å². The first kappa shape index (κ1) is 19.4. The highest BCUT2D eigenvalue weighted by molar-refractivity contribution is 6.07. The van der Waals surface area contributed by atoms with Crippen LogP contribution in [0, 0.1) is 12.7 Å². The Balaban J connectivity index is 1.90. The molecule has 0 saturated heterocycles. The van der Waals surface area contributed by atoms with Crippen molar-refractivity contribution in [3.8, 4) is 5.75 Å². The fraction of sp³-hybridized carbons (Fsp3) is 0.125. The molecule has 0 aromatic heterocycles. The smallest absolute Gasteiger partial charge is 0.258 e. The van der Waals surface area contributed by atoms with E-state index in [0.29, 0.717) is 17.8 Å². The van der Waals surface area contributed by atoms with Crippen molar-refractivity contribution in [3.63, 3.8) is 0 Å². The van der Waals surface area contributed by atoms with E-state index >= 15 is 0 Å². The lowest BCUT2D eigenvalue weighted by molar-refractivity contribution is 0.0989. The van der Waals surface area contributed by atoms with Crippen molar-refractivity contribution in [1.29, 1.82) is 0 Å². The van der Waals surface area contributed by atoms with Crippen LogP contribution in [0.15, 0.2) is 78.9 Å². The van der Waals surface area contributed by atoms with Crippen LogP contribution in [0.1, 0.15) is 21.5 Å². The minimum Gasteiger partial charge on any atom is -0.496 e. The number of hydrogen-bond donors (Lipinski definition) is 0.